The third kappa shape index (κ3) is 4.73. The van der Waals surface area contributed by atoms with Crippen LogP contribution in [-0.4, -0.2) is 28.5 Å². The van der Waals surface area contributed by atoms with Crippen LogP contribution in [0.5, 0.6) is 5.75 Å². The molecule has 4 rings (SSSR count). The van der Waals surface area contributed by atoms with Gasteiger partial charge < -0.3 is 10.1 Å². The highest BCUT2D eigenvalue weighted by Gasteiger charge is 2.15. The zero-order valence-corrected chi connectivity index (χ0v) is 17.5. The third-order valence-electron chi connectivity index (χ3n) is 3.88. The summed E-state index contributed by atoms with van der Waals surface area (Å²) in [6, 6.07) is 14.2. The van der Waals surface area contributed by atoms with E-state index in [2.05, 4.69) is 25.9 Å². The van der Waals surface area contributed by atoms with E-state index in [0.29, 0.717) is 22.6 Å². The monoisotopic (exact) mass is 439 g/mol. The van der Waals surface area contributed by atoms with E-state index in [0.717, 1.165) is 27.3 Å². The van der Waals surface area contributed by atoms with Crippen LogP contribution in [0.3, 0.4) is 0 Å². The Balaban J connectivity index is 1.39. The number of benzene rings is 2. The van der Waals surface area contributed by atoms with Crippen LogP contribution < -0.4 is 20.7 Å². The lowest BCUT2D eigenvalue weighted by atomic mass is 10.3. The van der Waals surface area contributed by atoms with Gasteiger partial charge in [-0.15, -0.1) is 11.3 Å². The quantitative estimate of drug-likeness (QED) is 0.390. The molecule has 0 radical (unpaired) electrons. The number of hydrogen-bond donors (Lipinski definition) is 3. The van der Waals surface area contributed by atoms with E-state index in [4.69, 9.17) is 4.74 Å². The fraction of sp³-hybridized carbons (Fsp3) is 0.100. The number of carbonyl (C=O) groups excluding carboxylic acids is 2. The predicted molar refractivity (Wildman–Crippen MR) is 120 cm³/mol. The number of urea groups is 1. The highest BCUT2D eigenvalue weighted by Crippen LogP contribution is 2.29. The summed E-state index contributed by atoms with van der Waals surface area (Å²) in [6.45, 7) is 2.50. The molecule has 0 aliphatic heterocycles. The molecule has 30 heavy (non-hydrogen) atoms. The molecule has 0 aliphatic carbocycles. The minimum atomic E-state index is -0.432. The number of rotatable bonds is 6. The molecule has 2 aromatic carbocycles. The molecule has 2 heterocycles. The van der Waals surface area contributed by atoms with Gasteiger partial charge in [-0.25, -0.2) is 14.8 Å². The summed E-state index contributed by atoms with van der Waals surface area (Å²) in [7, 11) is 0. The average Bonchev–Trinajstić information content (AvgIpc) is 3.35. The molecule has 2 aromatic heterocycles. The van der Waals surface area contributed by atoms with Crippen LogP contribution in [0.2, 0.25) is 0 Å². The van der Waals surface area contributed by atoms with Crippen molar-refractivity contribution in [1.82, 2.24) is 9.97 Å². The number of hydrogen-bond acceptors (Lipinski definition) is 7. The van der Waals surface area contributed by atoms with Gasteiger partial charge in [-0.05, 0) is 37.3 Å². The molecular weight excluding hydrogens is 422 g/mol. The molecule has 0 unspecified atom stereocenters. The second-order valence-corrected chi connectivity index (χ2v) is 7.91. The summed E-state index contributed by atoms with van der Waals surface area (Å²) >= 11 is 2.51. The lowest BCUT2D eigenvalue weighted by molar-refractivity contribution is 0.102. The Labute approximate surface area is 179 Å². The first-order valence-electron chi connectivity index (χ1n) is 9.04. The summed E-state index contributed by atoms with van der Waals surface area (Å²) in [6.07, 6.45) is 0. The lowest BCUT2D eigenvalue weighted by Gasteiger charge is -2.04. The van der Waals surface area contributed by atoms with Gasteiger partial charge in [-0.3, -0.25) is 15.4 Å². The zero-order valence-electron chi connectivity index (χ0n) is 15.8. The molecule has 0 fully saturated rings. The topological polar surface area (TPSA) is 105 Å². The van der Waals surface area contributed by atoms with Crippen molar-refractivity contribution < 1.29 is 14.3 Å². The van der Waals surface area contributed by atoms with Crippen LogP contribution in [0, 0.1) is 0 Å². The van der Waals surface area contributed by atoms with E-state index in [-0.39, 0.29) is 5.69 Å². The Morgan fingerprint density at radius 1 is 1.00 bits per heavy atom. The Morgan fingerprint density at radius 2 is 1.83 bits per heavy atom. The van der Waals surface area contributed by atoms with Gasteiger partial charge in [0.05, 0.1) is 16.8 Å². The van der Waals surface area contributed by atoms with Crippen LogP contribution in [0.15, 0.2) is 53.9 Å². The maximum Gasteiger partial charge on any atom is 0.325 e. The predicted octanol–water partition coefficient (Wildman–Crippen LogP) is 5.05. The van der Waals surface area contributed by atoms with Crippen molar-refractivity contribution in [2.24, 2.45) is 0 Å². The summed E-state index contributed by atoms with van der Waals surface area (Å²) in [4.78, 5) is 33.1. The maximum absolute atomic E-state index is 12.5. The fourth-order valence-corrected chi connectivity index (χ4v) is 4.17. The first kappa shape index (κ1) is 19.8. The third-order valence-corrected chi connectivity index (χ3v) is 5.57. The Kier molecular flexibility index (Phi) is 5.87. The van der Waals surface area contributed by atoms with Crippen LogP contribution in [0.1, 0.15) is 17.4 Å². The molecule has 8 nitrogen and oxygen atoms in total. The number of anilines is 3. The van der Waals surface area contributed by atoms with Crippen LogP contribution >= 0.6 is 22.7 Å². The van der Waals surface area contributed by atoms with Gasteiger partial charge in [-0.2, -0.15) is 0 Å². The van der Waals surface area contributed by atoms with Gasteiger partial charge in [0.2, 0.25) is 0 Å². The molecule has 0 bridgehead atoms. The minimum Gasteiger partial charge on any atom is -0.494 e. The van der Waals surface area contributed by atoms with Crippen molar-refractivity contribution in [2.45, 2.75) is 6.92 Å². The number of carbonyl (C=O) groups is 2. The van der Waals surface area contributed by atoms with E-state index in [1.54, 1.807) is 17.5 Å². The van der Waals surface area contributed by atoms with E-state index in [9.17, 15) is 9.59 Å². The molecule has 0 saturated carbocycles. The zero-order chi connectivity index (χ0) is 20.9. The standard InChI is InChI=1S/C20H17N5O3S2/c1-2-28-13-8-9-14-16(10-13)30-20(22-14)24-17(26)15-11-29-19(23-15)25-18(27)21-12-6-4-3-5-7-12/h3-11H,2H2,1H3,(H,22,24,26)(H2,21,23,25,27). The van der Waals surface area contributed by atoms with Crippen molar-refractivity contribution in [1.29, 1.82) is 0 Å². The van der Waals surface area contributed by atoms with Gasteiger partial charge >= 0.3 is 6.03 Å². The minimum absolute atomic E-state index is 0.198. The van der Waals surface area contributed by atoms with E-state index in [1.165, 1.54) is 11.3 Å². The Bertz CT molecular complexity index is 1190. The van der Waals surface area contributed by atoms with Gasteiger partial charge in [0, 0.05) is 11.1 Å². The molecule has 3 amide bonds. The number of para-hydroxylation sites is 1. The van der Waals surface area contributed by atoms with Crippen molar-refractivity contribution >= 4 is 60.8 Å². The SMILES string of the molecule is CCOc1ccc2nc(NC(=O)c3csc(NC(=O)Nc4ccccc4)n3)sc2c1. The number of nitrogens with zero attached hydrogens (tertiary/aromatic N) is 2. The first-order chi connectivity index (χ1) is 14.6. The van der Waals surface area contributed by atoms with Crippen LogP contribution in [0.4, 0.5) is 20.7 Å². The summed E-state index contributed by atoms with van der Waals surface area (Å²) < 4.78 is 6.40. The largest absolute Gasteiger partial charge is 0.494 e. The molecule has 0 aliphatic rings. The molecular formula is C20H17N5O3S2. The van der Waals surface area contributed by atoms with Crippen molar-refractivity contribution in [3.63, 3.8) is 0 Å². The number of fused-ring (bicyclic) bond motifs is 1. The van der Waals surface area contributed by atoms with E-state index in [1.807, 2.05) is 43.3 Å². The maximum atomic E-state index is 12.5. The number of thiazole rings is 2. The van der Waals surface area contributed by atoms with E-state index >= 15 is 0 Å². The molecule has 152 valence electrons. The van der Waals surface area contributed by atoms with Crippen molar-refractivity contribution in [3.8, 4) is 5.75 Å². The molecule has 3 N–H and O–H groups in total. The van der Waals surface area contributed by atoms with Gasteiger partial charge in [0.1, 0.15) is 11.4 Å². The summed E-state index contributed by atoms with van der Waals surface area (Å²) in [5, 5.41) is 10.4. The first-order valence-corrected chi connectivity index (χ1v) is 10.7. The Morgan fingerprint density at radius 3 is 2.63 bits per heavy atom. The highest BCUT2D eigenvalue weighted by atomic mass is 32.1. The average molecular weight is 440 g/mol. The van der Waals surface area contributed by atoms with Gasteiger partial charge in [-0.1, -0.05) is 29.5 Å². The number of aromatic nitrogens is 2. The van der Waals surface area contributed by atoms with Gasteiger partial charge in [0.25, 0.3) is 5.91 Å². The van der Waals surface area contributed by atoms with Crippen LogP contribution in [0.25, 0.3) is 10.2 Å². The number of nitrogens with one attached hydrogen (secondary N) is 3. The highest BCUT2D eigenvalue weighted by molar-refractivity contribution is 7.22. The lowest BCUT2D eigenvalue weighted by Crippen LogP contribution is -2.19. The Hall–Kier alpha value is -3.50. The second kappa shape index (κ2) is 8.89. The molecule has 10 heteroatoms. The molecule has 0 saturated heterocycles. The normalized spacial score (nSPS) is 10.6. The second-order valence-electron chi connectivity index (χ2n) is 6.02. The summed E-state index contributed by atoms with van der Waals surface area (Å²) in [5.41, 5.74) is 1.63. The molecule has 0 atom stereocenters. The molecule has 0 spiro atoms. The van der Waals surface area contributed by atoms with Gasteiger partial charge in [0.15, 0.2) is 10.3 Å². The van der Waals surface area contributed by atoms with Crippen LogP contribution in [-0.2, 0) is 0 Å². The number of amides is 3. The number of ether oxygens (including phenoxy) is 1. The smallest absolute Gasteiger partial charge is 0.325 e. The van der Waals surface area contributed by atoms with E-state index < -0.39 is 11.9 Å². The molecule has 4 aromatic rings. The van der Waals surface area contributed by atoms with Crippen molar-refractivity contribution in [3.05, 3.63) is 59.6 Å². The summed E-state index contributed by atoms with van der Waals surface area (Å²) in [5.74, 6) is 0.363. The van der Waals surface area contributed by atoms with Crippen molar-refractivity contribution in [2.75, 3.05) is 22.6 Å². The fourth-order valence-electron chi connectivity index (χ4n) is 2.59.